The van der Waals surface area contributed by atoms with Crippen molar-refractivity contribution in [1.82, 2.24) is 5.32 Å². The number of hydrogen-bond acceptors (Lipinski definition) is 3. The molecule has 1 aromatic carbocycles. The van der Waals surface area contributed by atoms with Gasteiger partial charge in [-0.05, 0) is 24.8 Å². The molecule has 3 nitrogen and oxygen atoms in total. The van der Waals surface area contributed by atoms with Crippen molar-refractivity contribution in [3.8, 4) is 0 Å². The maximum Gasteiger partial charge on any atom is 0.252 e. The number of alkyl halides is 1. The summed E-state index contributed by atoms with van der Waals surface area (Å²) in [7, 11) is 0. The van der Waals surface area contributed by atoms with Gasteiger partial charge in [0.05, 0.1) is 12.2 Å². The minimum absolute atomic E-state index is 0.0135. The zero-order valence-corrected chi connectivity index (χ0v) is 12.9. The van der Waals surface area contributed by atoms with Crippen LogP contribution in [0.5, 0.6) is 0 Å². The van der Waals surface area contributed by atoms with Crippen LogP contribution in [-0.2, 0) is 4.74 Å². The van der Waals surface area contributed by atoms with Crippen LogP contribution in [0.4, 0.5) is 0 Å². The van der Waals surface area contributed by atoms with Gasteiger partial charge in [0.1, 0.15) is 0 Å². The normalized spacial score (nSPS) is 10.3. The summed E-state index contributed by atoms with van der Waals surface area (Å²) in [5, 5.41) is 3.75. The fourth-order valence-corrected chi connectivity index (χ4v) is 2.28. The first-order valence-electron chi connectivity index (χ1n) is 5.84. The molecule has 18 heavy (non-hydrogen) atoms. The second-order valence-electron chi connectivity index (χ2n) is 3.61. The van der Waals surface area contributed by atoms with E-state index in [-0.39, 0.29) is 5.91 Å². The first kappa shape index (κ1) is 15.5. The summed E-state index contributed by atoms with van der Waals surface area (Å²) >= 11 is 4.87. The number of amides is 1. The Hall–Kier alpha value is -0.520. The highest BCUT2D eigenvalue weighted by Gasteiger charge is 2.08. The van der Waals surface area contributed by atoms with E-state index in [0.717, 1.165) is 22.2 Å². The van der Waals surface area contributed by atoms with E-state index in [2.05, 4.69) is 21.2 Å². The van der Waals surface area contributed by atoms with Crippen LogP contribution in [0.25, 0.3) is 0 Å². The van der Waals surface area contributed by atoms with Gasteiger partial charge in [-0.3, -0.25) is 4.79 Å². The van der Waals surface area contributed by atoms with Crippen LogP contribution in [0.2, 0.25) is 0 Å². The molecule has 100 valence electrons. The van der Waals surface area contributed by atoms with Crippen molar-refractivity contribution in [3.05, 3.63) is 29.8 Å². The number of thioether (sulfide) groups is 1. The third-order valence-corrected chi connectivity index (χ3v) is 3.44. The van der Waals surface area contributed by atoms with Gasteiger partial charge in [0.25, 0.3) is 5.91 Å². The molecule has 0 unspecified atom stereocenters. The maximum absolute atomic E-state index is 11.9. The topological polar surface area (TPSA) is 38.3 Å². The van der Waals surface area contributed by atoms with Gasteiger partial charge in [-0.2, -0.15) is 0 Å². The second kappa shape index (κ2) is 9.42. The molecule has 0 bridgehead atoms. The number of hydrogen-bond donors (Lipinski definition) is 1. The van der Waals surface area contributed by atoms with Gasteiger partial charge >= 0.3 is 0 Å². The lowest BCUT2D eigenvalue weighted by molar-refractivity contribution is 0.0942. The maximum atomic E-state index is 11.9. The van der Waals surface area contributed by atoms with Crippen molar-refractivity contribution in [2.75, 3.05) is 31.3 Å². The highest BCUT2D eigenvalue weighted by molar-refractivity contribution is 9.09. The summed E-state index contributed by atoms with van der Waals surface area (Å²) in [6.07, 6.45) is 2.81. The van der Waals surface area contributed by atoms with Gasteiger partial charge in [-0.25, -0.2) is 0 Å². The molecule has 0 fully saturated rings. The van der Waals surface area contributed by atoms with E-state index < -0.39 is 0 Å². The molecule has 1 aromatic rings. The smallest absolute Gasteiger partial charge is 0.252 e. The predicted octanol–water partition coefficient (Wildman–Crippen LogP) is 2.94. The van der Waals surface area contributed by atoms with E-state index in [9.17, 15) is 4.79 Å². The molecule has 0 spiro atoms. The molecule has 1 amide bonds. The number of carbonyl (C=O) groups excluding carboxylic acids is 1. The number of nitrogens with one attached hydrogen (secondary N) is 1. The highest BCUT2D eigenvalue weighted by Crippen LogP contribution is 2.19. The molecule has 0 saturated carbocycles. The van der Waals surface area contributed by atoms with Crippen molar-refractivity contribution in [1.29, 1.82) is 0 Å². The minimum atomic E-state index is -0.0135. The van der Waals surface area contributed by atoms with Crippen molar-refractivity contribution in [3.63, 3.8) is 0 Å². The zero-order chi connectivity index (χ0) is 13.2. The summed E-state index contributed by atoms with van der Waals surface area (Å²) in [4.78, 5) is 12.9. The van der Waals surface area contributed by atoms with E-state index in [1.54, 1.807) is 11.8 Å². The van der Waals surface area contributed by atoms with Crippen molar-refractivity contribution >= 4 is 33.6 Å². The quantitative estimate of drug-likeness (QED) is 0.452. The standard InChI is InChI=1S/C13H18BrNO2S/c1-18-12-6-3-2-5-11(12)13(16)15-8-4-9-17-10-7-14/h2-3,5-6H,4,7-10H2,1H3,(H,15,16). The van der Waals surface area contributed by atoms with Crippen LogP contribution < -0.4 is 5.32 Å². The molecule has 0 aliphatic carbocycles. The molecular weight excluding hydrogens is 314 g/mol. The van der Waals surface area contributed by atoms with E-state index in [1.165, 1.54) is 0 Å². The number of carbonyl (C=O) groups is 1. The Morgan fingerprint density at radius 2 is 2.17 bits per heavy atom. The molecule has 0 saturated heterocycles. The molecule has 1 N–H and O–H groups in total. The van der Waals surface area contributed by atoms with Crippen molar-refractivity contribution < 1.29 is 9.53 Å². The van der Waals surface area contributed by atoms with Gasteiger partial charge in [-0.15, -0.1) is 11.8 Å². The lowest BCUT2D eigenvalue weighted by Gasteiger charge is -2.08. The number of rotatable bonds is 8. The van der Waals surface area contributed by atoms with Gasteiger partial charge < -0.3 is 10.1 Å². The average Bonchev–Trinajstić information content (AvgIpc) is 2.42. The third kappa shape index (κ3) is 5.42. The number of halogens is 1. The van der Waals surface area contributed by atoms with Gasteiger partial charge in [0.2, 0.25) is 0 Å². The van der Waals surface area contributed by atoms with Crippen LogP contribution in [0.1, 0.15) is 16.8 Å². The first-order valence-corrected chi connectivity index (χ1v) is 8.19. The molecule has 5 heteroatoms. The van der Waals surface area contributed by atoms with Gasteiger partial charge in [-0.1, -0.05) is 28.1 Å². The highest BCUT2D eigenvalue weighted by atomic mass is 79.9. The summed E-state index contributed by atoms with van der Waals surface area (Å²) in [6, 6.07) is 7.63. The Kier molecular flexibility index (Phi) is 8.13. The minimum Gasteiger partial charge on any atom is -0.381 e. The van der Waals surface area contributed by atoms with Crippen LogP contribution in [-0.4, -0.2) is 37.3 Å². The first-order chi connectivity index (χ1) is 8.79. The van der Waals surface area contributed by atoms with Crippen LogP contribution in [0, 0.1) is 0 Å². The Morgan fingerprint density at radius 3 is 2.89 bits per heavy atom. The largest absolute Gasteiger partial charge is 0.381 e. The van der Waals surface area contributed by atoms with Crippen molar-refractivity contribution in [2.45, 2.75) is 11.3 Å². The molecule has 1 rings (SSSR count). The van der Waals surface area contributed by atoms with Crippen molar-refractivity contribution in [2.24, 2.45) is 0 Å². The van der Waals surface area contributed by atoms with Crippen LogP contribution >= 0.6 is 27.7 Å². The van der Waals surface area contributed by atoms with Gasteiger partial charge in [0, 0.05) is 23.4 Å². The number of benzene rings is 1. The van der Waals surface area contributed by atoms with Gasteiger partial charge in [0.15, 0.2) is 0 Å². The Morgan fingerprint density at radius 1 is 1.39 bits per heavy atom. The summed E-state index contributed by atoms with van der Waals surface area (Å²) in [5.74, 6) is -0.0135. The molecule has 0 radical (unpaired) electrons. The van der Waals surface area contributed by atoms with E-state index in [4.69, 9.17) is 4.74 Å². The molecule has 0 aliphatic heterocycles. The Balaban J connectivity index is 2.32. The summed E-state index contributed by atoms with van der Waals surface area (Å²) in [6.45, 7) is 2.03. The zero-order valence-electron chi connectivity index (χ0n) is 10.4. The SMILES string of the molecule is CSc1ccccc1C(=O)NCCCOCCBr. The molecule has 0 atom stereocenters. The lowest BCUT2D eigenvalue weighted by Crippen LogP contribution is -2.25. The Bertz CT molecular complexity index is 374. The molecular formula is C13H18BrNO2S. The predicted molar refractivity (Wildman–Crippen MR) is 79.8 cm³/mol. The number of ether oxygens (including phenoxy) is 1. The summed E-state index contributed by atoms with van der Waals surface area (Å²) in [5.41, 5.74) is 0.742. The molecule has 0 aliphatic rings. The Labute approximate surface area is 121 Å². The lowest BCUT2D eigenvalue weighted by atomic mass is 10.2. The monoisotopic (exact) mass is 331 g/mol. The summed E-state index contributed by atoms with van der Waals surface area (Å²) < 4.78 is 5.31. The molecule has 0 heterocycles. The van der Waals surface area contributed by atoms with Crippen LogP contribution in [0.15, 0.2) is 29.2 Å². The van der Waals surface area contributed by atoms with E-state index in [1.807, 2.05) is 30.5 Å². The third-order valence-electron chi connectivity index (χ3n) is 2.32. The van der Waals surface area contributed by atoms with E-state index >= 15 is 0 Å². The fourth-order valence-electron chi connectivity index (χ4n) is 1.46. The average molecular weight is 332 g/mol. The molecule has 0 aromatic heterocycles. The fraction of sp³-hybridized carbons (Fsp3) is 0.462. The van der Waals surface area contributed by atoms with E-state index in [0.29, 0.717) is 19.8 Å². The second-order valence-corrected chi connectivity index (χ2v) is 5.25. The van der Waals surface area contributed by atoms with Crippen LogP contribution in [0.3, 0.4) is 0 Å².